The van der Waals surface area contributed by atoms with Crippen molar-refractivity contribution in [2.24, 2.45) is 0 Å². The van der Waals surface area contributed by atoms with Crippen molar-refractivity contribution in [3.63, 3.8) is 0 Å². The highest BCUT2D eigenvalue weighted by Crippen LogP contribution is 2.37. The Hall–Kier alpha value is -1.16. The molecule has 1 heterocycles. The Morgan fingerprint density at radius 1 is 1.05 bits per heavy atom. The third-order valence-corrected chi connectivity index (χ3v) is 5.32. The maximum absolute atomic E-state index is 11.0. The summed E-state index contributed by atoms with van der Waals surface area (Å²) in [5.41, 5.74) is 1.56. The van der Waals surface area contributed by atoms with Crippen molar-refractivity contribution in [1.29, 1.82) is 0 Å². The van der Waals surface area contributed by atoms with Crippen molar-refractivity contribution in [3.05, 3.63) is 71.8 Å². The monoisotopic (exact) mass is 345 g/mol. The summed E-state index contributed by atoms with van der Waals surface area (Å²) in [6, 6.07) is 20.5. The van der Waals surface area contributed by atoms with Gasteiger partial charge in [-0.2, -0.15) is 0 Å². The van der Waals surface area contributed by atoms with E-state index in [1.807, 2.05) is 36.4 Å². The zero-order chi connectivity index (χ0) is 14.7. The predicted octanol–water partition coefficient (Wildman–Crippen LogP) is 3.54. The molecule has 2 aromatic rings. The quantitative estimate of drug-likeness (QED) is 0.860. The lowest BCUT2D eigenvalue weighted by molar-refractivity contribution is -0.0188. The minimum Gasteiger partial charge on any atom is -0.384 e. The summed E-state index contributed by atoms with van der Waals surface area (Å²) in [6.45, 7) is 2.69. The zero-order valence-corrected chi connectivity index (χ0v) is 13.5. The van der Waals surface area contributed by atoms with E-state index in [2.05, 4.69) is 45.1 Å². The molecule has 21 heavy (non-hydrogen) atoms. The molecule has 1 aliphatic rings. The number of halogens is 1. The number of hydrogen-bond acceptors (Lipinski definition) is 2. The summed E-state index contributed by atoms with van der Waals surface area (Å²) in [4.78, 5) is 2.44. The molecule has 0 aromatic heterocycles. The smallest absolute Gasteiger partial charge is 0.105 e. The van der Waals surface area contributed by atoms with Crippen LogP contribution in [-0.2, 0) is 12.1 Å². The fraction of sp³-hybridized carbons (Fsp3) is 0.333. The number of benzene rings is 2. The molecule has 0 spiro atoms. The van der Waals surface area contributed by atoms with Crippen LogP contribution in [0.3, 0.4) is 0 Å². The summed E-state index contributed by atoms with van der Waals surface area (Å²) in [5.74, 6) is 0. The molecule has 3 rings (SSSR count). The van der Waals surface area contributed by atoms with Gasteiger partial charge in [-0.25, -0.2) is 0 Å². The van der Waals surface area contributed by atoms with E-state index in [1.165, 1.54) is 5.56 Å². The summed E-state index contributed by atoms with van der Waals surface area (Å²) in [7, 11) is 0. The first-order valence-corrected chi connectivity index (χ1v) is 8.28. The molecular weight excluding hydrogens is 326 g/mol. The van der Waals surface area contributed by atoms with Crippen LogP contribution in [0.2, 0.25) is 0 Å². The highest BCUT2D eigenvalue weighted by Gasteiger charge is 2.41. The Morgan fingerprint density at radius 2 is 1.67 bits per heavy atom. The van der Waals surface area contributed by atoms with Gasteiger partial charge in [0, 0.05) is 19.6 Å². The van der Waals surface area contributed by atoms with Crippen molar-refractivity contribution in [1.82, 2.24) is 4.90 Å². The van der Waals surface area contributed by atoms with E-state index >= 15 is 0 Å². The lowest BCUT2D eigenvalue weighted by atomic mass is 9.84. The van der Waals surface area contributed by atoms with E-state index in [0.717, 1.165) is 31.6 Å². The summed E-state index contributed by atoms with van der Waals surface area (Å²) >= 11 is 3.71. The molecule has 2 atom stereocenters. The Morgan fingerprint density at radius 3 is 2.29 bits per heavy atom. The standard InChI is InChI=1S/C18H20BrNO/c19-17-14-20(13-15-7-3-1-4-8-15)12-11-18(17,21)16-9-5-2-6-10-16/h1-10,17,21H,11-14H2. The molecule has 2 aromatic carbocycles. The molecule has 1 aliphatic heterocycles. The molecule has 110 valence electrons. The van der Waals surface area contributed by atoms with Gasteiger partial charge in [0.2, 0.25) is 0 Å². The van der Waals surface area contributed by atoms with Crippen LogP contribution in [-0.4, -0.2) is 27.9 Å². The fourth-order valence-electron chi connectivity index (χ4n) is 2.99. The highest BCUT2D eigenvalue weighted by molar-refractivity contribution is 9.09. The lowest BCUT2D eigenvalue weighted by Gasteiger charge is -2.42. The van der Waals surface area contributed by atoms with Crippen molar-refractivity contribution in [2.45, 2.75) is 23.4 Å². The van der Waals surface area contributed by atoms with Gasteiger partial charge in [0.1, 0.15) is 5.60 Å². The first kappa shape index (κ1) is 14.8. The minimum atomic E-state index is -0.769. The Bertz CT molecular complexity index is 574. The molecule has 0 radical (unpaired) electrons. The molecule has 3 heteroatoms. The van der Waals surface area contributed by atoms with Crippen LogP contribution in [0.5, 0.6) is 0 Å². The van der Waals surface area contributed by atoms with Crippen LogP contribution in [0.1, 0.15) is 17.5 Å². The second kappa shape index (κ2) is 6.30. The minimum absolute atomic E-state index is 0.0462. The van der Waals surface area contributed by atoms with Crippen molar-refractivity contribution >= 4 is 15.9 Å². The molecule has 1 N–H and O–H groups in total. The van der Waals surface area contributed by atoms with Gasteiger partial charge < -0.3 is 5.11 Å². The van der Waals surface area contributed by atoms with Crippen LogP contribution in [0.15, 0.2) is 60.7 Å². The third-order valence-electron chi connectivity index (χ3n) is 4.27. The first-order valence-electron chi connectivity index (χ1n) is 7.37. The van der Waals surface area contributed by atoms with Crippen LogP contribution in [0.25, 0.3) is 0 Å². The van der Waals surface area contributed by atoms with E-state index < -0.39 is 5.60 Å². The van der Waals surface area contributed by atoms with E-state index in [4.69, 9.17) is 0 Å². The number of piperidine rings is 1. The van der Waals surface area contributed by atoms with E-state index in [-0.39, 0.29) is 4.83 Å². The summed E-state index contributed by atoms with van der Waals surface area (Å²) in [5, 5.41) is 11.0. The molecule has 2 nitrogen and oxygen atoms in total. The maximum Gasteiger partial charge on any atom is 0.105 e. The summed E-state index contributed by atoms with van der Waals surface area (Å²) in [6.07, 6.45) is 0.750. The topological polar surface area (TPSA) is 23.5 Å². The molecule has 0 saturated carbocycles. The van der Waals surface area contributed by atoms with E-state index in [9.17, 15) is 5.11 Å². The second-order valence-electron chi connectivity index (χ2n) is 5.73. The number of aliphatic hydroxyl groups is 1. The van der Waals surface area contributed by atoms with Crippen LogP contribution >= 0.6 is 15.9 Å². The fourth-order valence-corrected chi connectivity index (χ4v) is 3.89. The number of alkyl halides is 1. The number of likely N-dealkylation sites (tertiary alicyclic amines) is 1. The molecule has 0 bridgehead atoms. The summed E-state index contributed by atoms with van der Waals surface area (Å²) < 4.78 is 0. The molecule has 1 saturated heterocycles. The zero-order valence-electron chi connectivity index (χ0n) is 12.0. The van der Waals surface area contributed by atoms with Gasteiger partial charge in [-0.05, 0) is 17.5 Å². The average Bonchev–Trinajstić information content (AvgIpc) is 2.53. The number of nitrogens with zero attached hydrogens (tertiary/aromatic N) is 1. The van der Waals surface area contributed by atoms with Gasteiger partial charge in [-0.3, -0.25) is 4.90 Å². The molecule has 1 fully saturated rings. The van der Waals surface area contributed by atoms with Gasteiger partial charge in [-0.15, -0.1) is 0 Å². The average molecular weight is 346 g/mol. The van der Waals surface area contributed by atoms with Gasteiger partial charge in [0.15, 0.2) is 0 Å². The van der Waals surface area contributed by atoms with Crippen molar-refractivity contribution in [3.8, 4) is 0 Å². The highest BCUT2D eigenvalue weighted by atomic mass is 79.9. The Labute approximate surface area is 134 Å². The van der Waals surface area contributed by atoms with Crippen molar-refractivity contribution in [2.75, 3.05) is 13.1 Å². The van der Waals surface area contributed by atoms with Crippen LogP contribution < -0.4 is 0 Å². The van der Waals surface area contributed by atoms with E-state index in [0.29, 0.717) is 0 Å². The second-order valence-corrected chi connectivity index (χ2v) is 6.83. The van der Waals surface area contributed by atoms with Gasteiger partial charge in [0.05, 0.1) is 4.83 Å². The first-order chi connectivity index (χ1) is 10.2. The molecule has 0 amide bonds. The number of rotatable bonds is 3. The van der Waals surface area contributed by atoms with E-state index in [1.54, 1.807) is 0 Å². The normalized spacial score (nSPS) is 26.7. The van der Waals surface area contributed by atoms with Gasteiger partial charge in [-0.1, -0.05) is 76.6 Å². The van der Waals surface area contributed by atoms with Gasteiger partial charge in [0.25, 0.3) is 0 Å². The predicted molar refractivity (Wildman–Crippen MR) is 89.4 cm³/mol. The van der Waals surface area contributed by atoms with Gasteiger partial charge >= 0.3 is 0 Å². The van der Waals surface area contributed by atoms with Crippen molar-refractivity contribution < 1.29 is 5.11 Å². The Balaban J connectivity index is 1.70. The van der Waals surface area contributed by atoms with Crippen LogP contribution in [0, 0.1) is 0 Å². The largest absolute Gasteiger partial charge is 0.384 e. The lowest BCUT2D eigenvalue weighted by Crippen LogP contribution is -2.50. The maximum atomic E-state index is 11.0. The molecule has 0 aliphatic carbocycles. The molecule has 2 unspecified atom stereocenters. The SMILES string of the molecule is OC1(c2ccccc2)CCN(Cc2ccccc2)CC1Br. The Kier molecular flexibility index (Phi) is 4.43. The number of hydrogen-bond donors (Lipinski definition) is 1. The molecular formula is C18H20BrNO. The third kappa shape index (κ3) is 3.20. The van der Waals surface area contributed by atoms with Crippen LogP contribution in [0.4, 0.5) is 0 Å².